The molecule has 2 atom stereocenters. The Hall–Kier alpha value is -2.97. The van der Waals surface area contributed by atoms with E-state index in [0.29, 0.717) is 16.6 Å². The van der Waals surface area contributed by atoms with Gasteiger partial charge >= 0.3 is 0 Å². The molecule has 1 N–H and O–H groups in total. The summed E-state index contributed by atoms with van der Waals surface area (Å²) in [6.07, 6.45) is 3.33. The summed E-state index contributed by atoms with van der Waals surface area (Å²) in [5.41, 5.74) is 2.37. The summed E-state index contributed by atoms with van der Waals surface area (Å²) in [5, 5.41) is 10.3. The average Bonchev–Trinajstić information content (AvgIpc) is 3.30. The van der Waals surface area contributed by atoms with E-state index in [1.54, 1.807) is 31.3 Å². The highest BCUT2D eigenvalue weighted by Gasteiger charge is 2.26. The molecule has 2 aromatic heterocycles. The molecule has 0 bridgehead atoms. The van der Waals surface area contributed by atoms with Crippen LogP contribution in [0.1, 0.15) is 38.4 Å². The molecule has 2 saturated heterocycles. The normalized spacial score (nSPS) is 19.3. The highest BCUT2D eigenvalue weighted by Crippen LogP contribution is 2.31. The molecule has 2 unspecified atom stereocenters. The number of halogens is 2. The second-order valence-electron chi connectivity index (χ2n) is 9.33. The molecule has 0 radical (unpaired) electrons. The Labute approximate surface area is 210 Å². The lowest BCUT2D eigenvalue weighted by Crippen LogP contribution is -2.47. The largest absolute Gasteiger partial charge is 0.389 e. The summed E-state index contributed by atoms with van der Waals surface area (Å²) >= 11 is 6.49. The predicted molar refractivity (Wildman–Crippen MR) is 138 cm³/mol. The molecule has 2 aliphatic rings. The summed E-state index contributed by atoms with van der Waals surface area (Å²) in [5.74, 6) is 2.07. The molecule has 9 heteroatoms. The van der Waals surface area contributed by atoms with E-state index in [1.807, 2.05) is 6.07 Å². The molecule has 1 aromatic carbocycles. The molecule has 7 nitrogen and oxygen atoms in total. The van der Waals surface area contributed by atoms with Gasteiger partial charge in [0.1, 0.15) is 17.5 Å². The van der Waals surface area contributed by atoms with Gasteiger partial charge < -0.3 is 19.8 Å². The Morgan fingerprint density at radius 1 is 1.03 bits per heavy atom. The number of aliphatic hydroxyl groups is 1. The minimum absolute atomic E-state index is 0.263. The zero-order chi connectivity index (χ0) is 24.5. The maximum atomic E-state index is 13.5. The van der Waals surface area contributed by atoms with Crippen molar-refractivity contribution in [2.75, 3.05) is 47.4 Å². The van der Waals surface area contributed by atoms with Crippen molar-refractivity contribution in [2.24, 2.45) is 0 Å². The van der Waals surface area contributed by atoms with Gasteiger partial charge in [-0.1, -0.05) is 11.6 Å². The number of benzene rings is 1. The fourth-order valence-electron chi connectivity index (χ4n) is 4.77. The number of hydrogen-bond donors (Lipinski definition) is 1. The van der Waals surface area contributed by atoms with Crippen LogP contribution < -0.4 is 14.7 Å². The van der Waals surface area contributed by atoms with Gasteiger partial charge in [-0.2, -0.15) is 4.98 Å². The van der Waals surface area contributed by atoms with Crippen molar-refractivity contribution < 1.29 is 9.50 Å². The SMILES string of the molecule is CC(O)c1cnc(N2CCN(c3cc(-c4ccc(F)cc4)nc(N4CCCC4C)n3)CC2)c(Cl)c1. The minimum Gasteiger partial charge on any atom is -0.389 e. The number of piperazine rings is 1. The Morgan fingerprint density at radius 3 is 2.37 bits per heavy atom. The summed E-state index contributed by atoms with van der Waals surface area (Å²) < 4.78 is 13.5. The monoisotopic (exact) mass is 496 g/mol. The van der Waals surface area contributed by atoms with E-state index >= 15 is 0 Å². The van der Waals surface area contributed by atoms with Gasteiger partial charge in [0.2, 0.25) is 5.95 Å². The van der Waals surface area contributed by atoms with Gasteiger partial charge in [-0.25, -0.2) is 14.4 Å². The third kappa shape index (κ3) is 5.04. The lowest BCUT2D eigenvalue weighted by molar-refractivity contribution is 0.199. The van der Waals surface area contributed by atoms with Crippen molar-refractivity contribution in [1.29, 1.82) is 0 Å². The number of aliphatic hydroxyl groups excluding tert-OH is 1. The van der Waals surface area contributed by atoms with E-state index in [1.165, 1.54) is 12.1 Å². The lowest BCUT2D eigenvalue weighted by Gasteiger charge is -2.37. The molecule has 184 valence electrons. The maximum absolute atomic E-state index is 13.5. The van der Waals surface area contributed by atoms with Crippen LogP contribution >= 0.6 is 11.6 Å². The third-order valence-electron chi connectivity index (χ3n) is 6.88. The third-order valence-corrected chi connectivity index (χ3v) is 7.16. The summed E-state index contributed by atoms with van der Waals surface area (Å²) in [6.45, 7) is 7.84. The van der Waals surface area contributed by atoms with E-state index in [2.05, 4.69) is 26.6 Å². The Balaban J connectivity index is 1.39. The van der Waals surface area contributed by atoms with Gasteiger partial charge in [-0.3, -0.25) is 0 Å². The van der Waals surface area contributed by atoms with Crippen molar-refractivity contribution in [3.63, 3.8) is 0 Å². The van der Waals surface area contributed by atoms with Crippen LogP contribution in [0.2, 0.25) is 5.02 Å². The lowest BCUT2D eigenvalue weighted by atomic mass is 10.1. The van der Waals surface area contributed by atoms with Crippen LogP contribution in [0.25, 0.3) is 11.3 Å². The van der Waals surface area contributed by atoms with E-state index in [0.717, 1.165) is 74.4 Å². The molecular weight excluding hydrogens is 467 g/mol. The van der Waals surface area contributed by atoms with E-state index in [-0.39, 0.29) is 5.82 Å². The smallest absolute Gasteiger partial charge is 0.228 e. The van der Waals surface area contributed by atoms with Gasteiger partial charge in [-0.15, -0.1) is 0 Å². The first-order chi connectivity index (χ1) is 16.9. The molecule has 5 rings (SSSR count). The molecule has 2 aliphatic heterocycles. The van der Waals surface area contributed by atoms with Gasteiger partial charge in [-0.05, 0) is 57.0 Å². The van der Waals surface area contributed by atoms with Crippen LogP contribution in [0, 0.1) is 5.82 Å². The fraction of sp³-hybridized carbons (Fsp3) is 0.423. The fourth-order valence-corrected chi connectivity index (χ4v) is 5.06. The summed E-state index contributed by atoms with van der Waals surface area (Å²) in [4.78, 5) is 21.0. The van der Waals surface area contributed by atoms with Gasteiger partial charge in [0.25, 0.3) is 0 Å². The van der Waals surface area contributed by atoms with E-state index < -0.39 is 6.10 Å². The van der Waals surface area contributed by atoms with Crippen molar-refractivity contribution in [2.45, 2.75) is 38.8 Å². The van der Waals surface area contributed by atoms with Gasteiger partial charge in [0, 0.05) is 62.2 Å². The Kier molecular flexibility index (Phi) is 6.75. The number of nitrogens with zero attached hydrogens (tertiary/aromatic N) is 6. The van der Waals surface area contributed by atoms with Crippen molar-refractivity contribution in [3.05, 3.63) is 59.0 Å². The van der Waals surface area contributed by atoms with Crippen molar-refractivity contribution in [1.82, 2.24) is 15.0 Å². The molecule has 4 heterocycles. The van der Waals surface area contributed by atoms with Crippen LogP contribution in [-0.4, -0.2) is 58.8 Å². The molecule has 2 fully saturated rings. The minimum atomic E-state index is -0.605. The topological polar surface area (TPSA) is 68.6 Å². The molecule has 0 aliphatic carbocycles. The van der Waals surface area contributed by atoms with Crippen molar-refractivity contribution >= 4 is 29.2 Å². The first-order valence-corrected chi connectivity index (χ1v) is 12.5. The van der Waals surface area contributed by atoms with Crippen LogP contribution in [0.5, 0.6) is 0 Å². The number of hydrogen-bond acceptors (Lipinski definition) is 7. The van der Waals surface area contributed by atoms with Crippen LogP contribution in [0.4, 0.5) is 22.0 Å². The summed E-state index contributed by atoms with van der Waals surface area (Å²) in [7, 11) is 0. The van der Waals surface area contributed by atoms with Crippen molar-refractivity contribution in [3.8, 4) is 11.3 Å². The second-order valence-corrected chi connectivity index (χ2v) is 9.73. The van der Waals surface area contributed by atoms with Crippen LogP contribution in [0.15, 0.2) is 42.6 Å². The first-order valence-electron chi connectivity index (χ1n) is 12.1. The zero-order valence-electron chi connectivity index (χ0n) is 20.0. The zero-order valence-corrected chi connectivity index (χ0v) is 20.8. The summed E-state index contributed by atoms with van der Waals surface area (Å²) in [6, 6.07) is 10.6. The molecule has 0 saturated carbocycles. The molecular formula is C26H30ClFN6O. The van der Waals surface area contributed by atoms with Gasteiger partial charge in [0.15, 0.2) is 0 Å². The highest BCUT2D eigenvalue weighted by atomic mass is 35.5. The number of aromatic nitrogens is 3. The van der Waals surface area contributed by atoms with Crippen LogP contribution in [0.3, 0.4) is 0 Å². The number of pyridine rings is 1. The number of anilines is 3. The molecule has 3 aromatic rings. The van der Waals surface area contributed by atoms with E-state index in [9.17, 15) is 9.50 Å². The predicted octanol–water partition coefficient (Wildman–Crippen LogP) is 4.70. The Bertz CT molecular complexity index is 1180. The van der Waals surface area contributed by atoms with Gasteiger partial charge in [0.05, 0.1) is 16.8 Å². The maximum Gasteiger partial charge on any atom is 0.228 e. The molecule has 0 spiro atoms. The second kappa shape index (κ2) is 9.95. The molecule has 35 heavy (non-hydrogen) atoms. The molecule has 0 amide bonds. The highest BCUT2D eigenvalue weighted by molar-refractivity contribution is 6.33. The van der Waals surface area contributed by atoms with Crippen LogP contribution in [-0.2, 0) is 0 Å². The quantitative estimate of drug-likeness (QED) is 0.549. The standard InChI is InChI=1S/C26H30ClFN6O/c1-17-4-3-9-34(17)26-30-23(19-5-7-21(28)8-6-19)15-24(31-26)32-10-12-33(13-11-32)25-22(27)14-20(16-29-25)18(2)35/h5-8,14-18,35H,3-4,9-13H2,1-2H3. The Morgan fingerprint density at radius 2 is 1.74 bits per heavy atom. The first kappa shape index (κ1) is 23.8. The average molecular weight is 497 g/mol. The van der Waals surface area contributed by atoms with E-state index in [4.69, 9.17) is 21.6 Å². The number of rotatable bonds is 5.